The van der Waals surface area contributed by atoms with Gasteiger partial charge in [-0.1, -0.05) is 0 Å². The van der Waals surface area contributed by atoms with Crippen LogP contribution in [0.1, 0.15) is 28.8 Å². The number of carbonyl (C=O) groups is 1. The van der Waals surface area contributed by atoms with Gasteiger partial charge in [0.15, 0.2) is 5.78 Å². The highest BCUT2D eigenvalue weighted by Crippen LogP contribution is 2.24. The van der Waals surface area contributed by atoms with Crippen LogP contribution in [0.4, 0.5) is 0 Å². The van der Waals surface area contributed by atoms with E-state index in [1.165, 1.54) is 0 Å². The standard InChI is InChI=1S/C15H15N3O/c16-7-10-3-4-14-12(6-10)13(9-18-14)15(19)11-2-1-5-17-8-11/h3-4,6,9,11,17-18H,1-2,5,8H2. The van der Waals surface area contributed by atoms with Crippen LogP contribution in [0, 0.1) is 17.2 Å². The quantitative estimate of drug-likeness (QED) is 0.806. The predicted octanol–water partition coefficient (Wildman–Crippen LogP) is 2.22. The molecular formula is C15H15N3O. The number of nitrogens with zero attached hydrogens (tertiary/aromatic N) is 1. The summed E-state index contributed by atoms with van der Waals surface area (Å²) in [4.78, 5) is 15.6. The minimum Gasteiger partial charge on any atom is -0.360 e. The minimum absolute atomic E-state index is 0.0542. The molecule has 1 saturated heterocycles. The van der Waals surface area contributed by atoms with Crippen molar-refractivity contribution in [3.63, 3.8) is 0 Å². The van der Waals surface area contributed by atoms with Crippen molar-refractivity contribution in [3.8, 4) is 6.07 Å². The lowest BCUT2D eigenvalue weighted by molar-refractivity contribution is 0.0901. The predicted molar refractivity (Wildman–Crippen MR) is 72.9 cm³/mol. The molecule has 0 bridgehead atoms. The van der Waals surface area contributed by atoms with E-state index in [-0.39, 0.29) is 11.7 Å². The van der Waals surface area contributed by atoms with Crippen molar-refractivity contribution in [2.75, 3.05) is 13.1 Å². The zero-order valence-corrected chi connectivity index (χ0v) is 10.6. The lowest BCUT2D eigenvalue weighted by Gasteiger charge is -2.21. The number of aromatic nitrogens is 1. The maximum Gasteiger partial charge on any atom is 0.169 e. The Hall–Kier alpha value is -2.12. The molecule has 0 radical (unpaired) electrons. The maximum atomic E-state index is 12.5. The molecule has 0 amide bonds. The third kappa shape index (κ3) is 2.13. The molecule has 1 aromatic carbocycles. The molecule has 3 rings (SSSR count). The highest BCUT2D eigenvalue weighted by molar-refractivity contribution is 6.09. The number of nitriles is 1. The summed E-state index contributed by atoms with van der Waals surface area (Å²) in [5, 5.41) is 13.1. The summed E-state index contributed by atoms with van der Waals surface area (Å²) in [6, 6.07) is 7.51. The molecule has 2 aromatic rings. The fourth-order valence-corrected chi connectivity index (χ4v) is 2.69. The number of aromatic amines is 1. The zero-order chi connectivity index (χ0) is 13.2. The molecule has 2 N–H and O–H groups in total. The molecule has 2 heterocycles. The van der Waals surface area contributed by atoms with Crippen molar-refractivity contribution in [2.24, 2.45) is 5.92 Å². The van der Waals surface area contributed by atoms with Crippen LogP contribution in [0.2, 0.25) is 0 Å². The van der Waals surface area contributed by atoms with Crippen molar-refractivity contribution in [2.45, 2.75) is 12.8 Å². The minimum atomic E-state index is 0.0542. The van der Waals surface area contributed by atoms with E-state index in [1.807, 2.05) is 6.07 Å². The molecule has 1 aliphatic heterocycles. The van der Waals surface area contributed by atoms with Crippen molar-refractivity contribution < 1.29 is 4.79 Å². The molecule has 1 unspecified atom stereocenters. The summed E-state index contributed by atoms with van der Waals surface area (Å²) in [7, 11) is 0. The number of hydrogen-bond donors (Lipinski definition) is 2. The molecule has 96 valence electrons. The maximum absolute atomic E-state index is 12.5. The molecule has 4 nitrogen and oxygen atoms in total. The van der Waals surface area contributed by atoms with E-state index in [4.69, 9.17) is 5.26 Å². The van der Waals surface area contributed by atoms with E-state index in [0.29, 0.717) is 11.1 Å². The van der Waals surface area contributed by atoms with Gasteiger partial charge in [-0.3, -0.25) is 4.79 Å². The van der Waals surface area contributed by atoms with Crippen molar-refractivity contribution >= 4 is 16.7 Å². The smallest absolute Gasteiger partial charge is 0.169 e. The van der Waals surface area contributed by atoms with Crippen LogP contribution in [-0.2, 0) is 0 Å². The van der Waals surface area contributed by atoms with E-state index in [1.54, 1.807) is 18.3 Å². The second-order valence-corrected chi connectivity index (χ2v) is 4.98. The first kappa shape index (κ1) is 11.9. The molecule has 0 saturated carbocycles. The molecule has 4 heteroatoms. The molecule has 19 heavy (non-hydrogen) atoms. The number of Topliss-reactive ketones (excluding diaryl/α,β-unsaturated/α-hetero) is 1. The first-order valence-corrected chi connectivity index (χ1v) is 6.56. The fourth-order valence-electron chi connectivity index (χ4n) is 2.69. The SMILES string of the molecule is N#Cc1ccc2[nH]cc(C(=O)C3CCCNC3)c2c1. The number of benzene rings is 1. The number of piperidine rings is 1. The van der Waals surface area contributed by atoms with Crippen LogP contribution >= 0.6 is 0 Å². The van der Waals surface area contributed by atoms with Gasteiger partial charge in [-0.15, -0.1) is 0 Å². The van der Waals surface area contributed by atoms with Crippen LogP contribution in [0.25, 0.3) is 10.9 Å². The molecule has 1 fully saturated rings. The van der Waals surface area contributed by atoms with Crippen molar-refractivity contribution in [1.82, 2.24) is 10.3 Å². The lowest BCUT2D eigenvalue weighted by atomic mass is 9.90. The molecule has 1 aliphatic rings. The van der Waals surface area contributed by atoms with E-state index in [0.717, 1.165) is 36.8 Å². The van der Waals surface area contributed by atoms with Crippen LogP contribution in [0.15, 0.2) is 24.4 Å². The van der Waals surface area contributed by atoms with Gasteiger partial charge in [-0.05, 0) is 37.6 Å². The second kappa shape index (κ2) is 4.87. The largest absolute Gasteiger partial charge is 0.360 e. The number of hydrogen-bond acceptors (Lipinski definition) is 3. The van der Waals surface area contributed by atoms with Crippen LogP contribution in [0.5, 0.6) is 0 Å². The molecular weight excluding hydrogens is 238 g/mol. The first-order valence-electron chi connectivity index (χ1n) is 6.56. The van der Waals surface area contributed by atoms with Gasteiger partial charge in [-0.2, -0.15) is 5.26 Å². The Morgan fingerprint density at radius 1 is 1.42 bits per heavy atom. The highest BCUT2D eigenvalue weighted by atomic mass is 16.1. The summed E-state index contributed by atoms with van der Waals surface area (Å²) in [6.45, 7) is 1.75. The van der Waals surface area contributed by atoms with Gasteiger partial charge in [0.05, 0.1) is 11.6 Å². The third-order valence-electron chi connectivity index (χ3n) is 3.74. The summed E-state index contributed by atoms with van der Waals surface area (Å²) in [5.41, 5.74) is 2.20. The molecule has 0 aliphatic carbocycles. The van der Waals surface area contributed by atoms with Gasteiger partial charge >= 0.3 is 0 Å². The van der Waals surface area contributed by atoms with Crippen molar-refractivity contribution in [1.29, 1.82) is 5.26 Å². The first-order chi connectivity index (χ1) is 9.29. The Labute approximate surface area is 111 Å². The Kier molecular flexibility index (Phi) is 3.06. The Morgan fingerprint density at radius 2 is 2.32 bits per heavy atom. The van der Waals surface area contributed by atoms with Gasteiger partial charge in [-0.25, -0.2) is 0 Å². The monoisotopic (exact) mass is 253 g/mol. The number of H-pyrrole nitrogens is 1. The topological polar surface area (TPSA) is 68.7 Å². The number of nitrogens with one attached hydrogen (secondary N) is 2. The summed E-state index contributed by atoms with van der Waals surface area (Å²) >= 11 is 0. The van der Waals surface area contributed by atoms with Crippen LogP contribution < -0.4 is 5.32 Å². The Balaban J connectivity index is 2.00. The average molecular weight is 253 g/mol. The Morgan fingerprint density at radius 3 is 3.05 bits per heavy atom. The third-order valence-corrected chi connectivity index (χ3v) is 3.74. The molecule has 1 atom stereocenters. The lowest BCUT2D eigenvalue weighted by Crippen LogP contribution is -2.34. The number of fused-ring (bicyclic) bond motifs is 1. The zero-order valence-electron chi connectivity index (χ0n) is 10.6. The van der Waals surface area contributed by atoms with E-state index < -0.39 is 0 Å². The summed E-state index contributed by atoms with van der Waals surface area (Å²) in [6.07, 6.45) is 3.75. The highest BCUT2D eigenvalue weighted by Gasteiger charge is 2.24. The van der Waals surface area contributed by atoms with Crippen LogP contribution in [0.3, 0.4) is 0 Å². The van der Waals surface area contributed by atoms with Gasteiger partial charge in [0.2, 0.25) is 0 Å². The molecule has 1 aromatic heterocycles. The normalized spacial score (nSPS) is 19.2. The average Bonchev–Trinajstić information content (AvgIpc) is 2.90. The van der Waals surface area contributed by atoms with Crippen LogP contribution in [-0.4, -0.2) is 23.9 Å². The number of carbonyl (C=O) groups excluding carboxylic acids is 1. The number of ketones is 1. The fraction of sp³-hybridized carbons (Fsp3) is 0.333. The van der Waals surface area contributed by atoms with E-state index in [9.17, 15) is 4.79 Å². The Bertz CT molecular complexity index is 660. The van der Waals surface area contributed by atoms with E-state index >= 15 is 0 Å². The van der Waals surface area contributed by atoms with Gasteiger partial charge < -0.3 is 10.3 Å². The van der Waals surface area contributed by atoms with E-state index in [2.05, 4.69) is 16.4 Å². The van der Waals surface area contributed by atoms with Gasteiger partial charge in [0.25, 0.3) is 0 Å². The summed E-state index contributed by atoms with van der Waals surface area (Å²) in [5.74, 6) is 0.229. The summed E-state index contributed by atoms with van der Waals surface area (Å²) < 4.78 is 0. The van der Waals surface area contributed by atoms with Gasteiger partial charge in [0, 0.05) is 35.1 Å². The van der Waals surface area contributed by atoms with Gasteiger partial charge in [0.1, 0.15) is 0 Å². The van der Waals surface area contributed by atoms with Crippen molar-refractivity contribution in [3.05, 3.63) is 35.5 Å². The second-order valence-electron chi connectivity index (χ2n) is 4.98. The number of rotatable bonds is 2. The molecule has 0 spiro atoms.